The molecule has 0 radical (unpaired) electrons. The Morgan fingerprint density at radius 1 is 1.23 bits per heavy atom. The Balaban J connectivity index is 1.58. The summed E-state index contributed by atoms with van der Waals surface area (Å²) >= 11 is 7.39. The zero-order valence-corrected chi connectivity index (χ0v) is 16.3. The number of halogens is 1. The number of thiazole rings is 1. The molecule has 26 heavy (non-hydrogen) atoms. The molecule has 7 heteroatoms. The first-order valence-corrected chi connectivity index (χ1v) is 10.1. The predicted molar refractivity (Wildman–Crippen MR) is 106 cm³/mol. The second-order valence-corrected chi connectivity index (χ2v) is 7.95. The maximum Gasteiger partial charge on any atom is 0.275 e. The zero-order chi connectivity index (χ0) is 18.5. The second kappa shape index (κ2) is 8.64. The highest BCUT2D eigenvalue weighted by Crippen LogP contribution is 2.28. The fourth-order valence-electron chi connectivity index (χ4n) is 3.23. The van der Waals surface area contributed by atoms with Gasteiger partial charge in [0.1, 0.15) is 5.69 Å². The van der Waals surface area contributed by atoms with Crippen molar-refractivity contribution in [1.29, 1.82) is 0 Å². The molecule has 0 bridgehead atoms. The monoisotopic (exact) mass is 391 g/mol. The Morgan fingerprint density at radius 2 is 2.00 bits per heavy atom. The van der Waals surface area contributed by atoms with Gasteiger partial charge in [-0.3, -0.25) is 9.59 Å². The van der Waals surface area contributed by atoms with Gasteiger partial charge < -0.3 is 10.6 Å². The Kier molecular flexibility index (Phi) is 6.27. The number of nitrogens with one attached hydrogen (secondary N) is 2. The lowest BCUT2D eigenvalue weighted by Gasteiger charge is -2.20. The number of aryl methyl sites for hydroxylation is 1. The number of aromatic nitrogens is 1. The van der Waals surface area contributed by atoms with Crippen LogP contribution in [0.4, 0.5) is 10.8 Å². The molecule has 0 saturated heterocycles. The maximum absolute atomic E-state index is 12.4. The summed E-state index contributed by atoms with van der Waals surface area (Å²) in [4.78, 5) is 28.8. The first-order chi connectivity index (χ1) is 12.5. The molecular weight excluding hydrogens is 370 g/mol. The van der Waals surface area contributed by atoms with Crippen LogP contribution in [0.2, 0.25) is 5.02 Å². The summed E-state index contributed by atoms with van der Waals surface area (Å²) < 4.78 is 0. The van der Waals surface area contributed by atoms with E-state index >= 15 is 0 Å². The molecule has 3 rings (SSSR count). The zero-order valence-electron chi connectivity index (χ0n) is 14.7. The molecule has 1 aliphatic carbocycles. The lowest BCUT2D eigenvalue weighted by atomic mass is 9.87. The highest BCUT2D eigenvalue weighted by Gasteiger charge is 2.19. The van der Waals surface area contributed by atoms with E-state index in [9.17, 15) is 9.59 Å². The molecule has 0 aliphatic heterocycles. The molecule has 5 nitrogen and oxygen atoms in total. The molecule has 1 aromatic heterocycles. The Bertz CT molecular complexity index is 780. The minimum Gasteiger partial charge on any atom is -0.319 e. The van der Waals surface area contributed by atoms with Gasteiger partial charge >= 0.3 is 0 Å². The number of rotatable bonds is 5. The topological polar surface area (TPSA) is 71.1 Å². The van der Waals surface area contributed by atoms with E-state index in [0.717, 1.165) is 18.4 Å². The normalized spacial score (nSPS) is 14.8. The van der Waals surface area contributed by atoms with Crippen molar-refractivity contribution in [2.75, 3.05) is 10.6 Å². The highest BCUT2D eigenvalue weighted by atomic mass is 35.5. The molecule has 1 aliphatic rings. The van der Waals surface area contributed by atoms with E-state index in [1.54, 1.807) is 11.4 Å². The van der Waals surface area contributed by atoms with Gasteiger partial charge in [-0.25, -0.2) is 4.98 Å². The summed E-state index contributed by atoms with van der Waals surface area (Å²) in [5, 5.41) is 8.17. The van der Waals surface area contributed by atoms with E-state index in [0.29, 0.717) is 28.2 Å². The number of anilines is 2. The van der Waals surface area contributed by atoms with Crippen molar-refractivity contribution in [1.82, 2.24) is 4.98 Å². The van der Waals surface area contributed by atoms with Crippen molar-refractivity contribution >= 4 is 45.6 Å². The number of hydrogen-bond donors (Lipinski definition) is 2. The fraction of sp³-hybridized carbons (Fsp3) is 0.421. The van der Waals surface area contributed by atoms with Crippen LogP contribution in [0.1, 0.15) is 54.6 Å². The van der Waals surface area contributed by atoms with Crippen LogP contribution in [0.15, 0.2) is 23.6 Å². The lowest BCUT2D eigenvalue weighted by Crippen LogP contribution is -2.18. The van der Waals surface area contributed by atoms with Crippen LogP contribution in [-0.2, 0) is 4.79 Å². The number of benzene rings is 1. The summed E-state index contributed by atoms with van der Waals surface area (Å²) in [6, 6.07) is 5.43. The molecule has 0 atom stereocenters. The van der Waals surface area contributed by atoms with E-state index < -0.39 is 0 Å². The van der Waals surface area contributed by atoms with Crippen LogP contribution in [0.3, 0.4) is 0 Å². The molecule has 1 heterocycles. The van der Waals surface area contributed by atoms with Gasteiger partial charge in [0, 0.05) is 11.8 Å². The Morgan fingerprint density at radius 3 is 2.73 bits per heavy atom. The van der Waals surface area contributed by atoms with E-state index in [1.165, 1.54) is 30.6 Å². The lowest BCUT2D eigenvalue weighted by molar-refractivity contribution is -0.117. The second-order valence-electron chi connectivity index (χ2n) is 6.68. The number of carbonyl (C=O) groups excluding carboxylic acids is 2. The molecule has 138 valence electrons. The molecule has 1 saturated carbocycles. The van der Waals surface area contributed by atoms with Gasteiger partial charge in [-0.05, 0) is 37.3 Å². The average molecular weight is 392 g/mol. The number of hydrogen-bond acceptors (Lipinski definition) is 4. The molecule has 2 N–H and O–H groups in total. The van der Waals surface area contributed by atoms with Gasteiger partial charge in [-0.2, -0.15) is 0 Å². The standard InChI is InChI=1S/C19H22ClN3O2S/c1-12-6-5-9-14(20)17(12)23-18(25)15-11-26-19(21-15)22-16(24)10-13-7-3-2-4-8-13/h5-6,9,11,13H,2-4,7-8,10H2,1H3,(H,23,25)(H,21,22,24). The van der Waals surface area contributed by atoms with E-state index in [1.807, 2.05) is 19.1 Å². The largest absolute Gasteiger partial charge is 0.319 e. The molecule has 1 aromatic carbocycles. The molecule has 2 amide bonds. The SMILES string of the molecule is Cc1cccc(Cl)c1NC(=O)c1csc(NC(=O)CC2CCCCC2)n1. The molecule has 0 spiro atoms. The molecule has 1 fully saturated rings. The first-order valence-electron chi connectivity index (χ1n) is 8.85. The Labute approximate surface area is 162 Å². The van der Waals surface area contributed by atoms with Gasteiger partial charge in [0.15, 0.2) is 5.13 Å². The van der Waals surface area contributed by atoms with Crippen LogP contribution in [-0.4, -0.2) is 16.8 Å². The number of nitrogens with zero attached hydrogens (tertiary/aromatic N) is 1. The van der Waals surface area contributed by atoms with Crippen LogP contribution in [0.5, 0.6) is 0 Å². The average Bonchev–Trinajstić information content (AvgIpc) is 3.07. The summed E-state index contributed by atoms with van der Waals surface area (Å²) in [5.74, 6) is 0.0973. The molecule has 2 aromatic rings. The van der Waals surface area contributed by atoms with Gasteiger partial charge in [0.25, 0.3) is 5.91 Å². The van der Waals surface area contributed by atoms with Crippen molar-refractivity contribution in [2.45, 2.75) is 45.4 Å². The van der Waals surface area contributed by atoms with Gasteiger partial charge in [-0.1, -0.05) is 43.0 Å². The van der Waals surface area contributed by atoms with Crippen LogP contribution < -0.4 is 10.6 Å². The van der Waals surface area contributed by atoms with E-state index in [4.69, 9.17) is 11.6 Å². The van der Waals surface area contributed by atoms with Gasteiger partial charge in [-0.15, -0.1) is 11.3 Å². The van der Waals surface area contributed by atoms with Crippen molar-refractivity contribution in [3.63, 3.8) is 0 Å². The predicted octanol–water partition coefficient (Wildman–Crippen LogP) is 5.27. The molecular formula is C19H22ClN3O2S. The van der Waals surface area contributed by atoms with Crippen LogP contribution >= 0.6 is 22.9 Å². The van der Waals surface area contributed by atoms with Crippen molar-refractivity contribution < 1.29 is 9.59 Å². The summed E-state index contributed by atoms with van der Waals surface area (Å²) in [6.45, 7) is 1.87. The fourth-order valence-corrected chi connectivity index (χ4v) is 4.20. The van der Waals surface area contributed by atoms with Crippen molar-refractivity contribution in [3.05, 3.63) is 39.9 Å². The van der Waals surface area contributed by atoms with Gasteiger partial charge in [0.2, 0.25) is 5.91 Å². The third-order valence-electron chi connectivity index (χ3n) is 4.64. The van der Waals surface area contributed by atoms with E-state index in [2.05, 4.69) is 15.6 Å². The minimum absolute atomic E-state index is 0.0276. The van der Waals surface area contributed by atoms with Crippen molar-refractivity contribution in [2.24, 2.45) is 5.92 Å². The van der Waals surface area contributed by atoms with Gasteiger partial charge in [0.05, 0.1) is 10.7 Å². The smallest absolute Gasteiger partial charge is 0.275 e. The maximum atomic E-state index is 12.4. The third kappa shape index (κ3) is 4.83. The summed E-state index contributed by atoms with van der Waals surface area (Å²) in [5.41, 5.74) is 1.72. The molecule has 0 unspecified atom stereocenters. The quantitative estimate of drug-likeness (QED) is 0.729. The third-order valence-corrected chi connectivity index (χ3v) is 5.72. The summed E-state index contributed by atoms with van der Waals surface area (Å²) in [6.07, 6.45) is 6.46. The van der Waals surface area contributed by atoms with E-state index in [-0.39, 0.29) is 17.5 Å². The first kappa shape index (κ1) is 18.9. The number of para-hydroxylation sites is 1. The highest BCUT2D eigenvalue weighted by molar-refractivity contribution is 7.14. The van der Waals surface area contributed by atoms with Crippen molar-refractivity contribution in [3.8, 4) is 0 Å². The summed E-state index contributed by atoms with van der Waals surface area (Å²) in [7, 11) is 0. The number of carbonyl (C=O) groups is 2. The van der Waals surface area contributed by atoms with Crippen LogP contribution in [0, 0.1) is 12.8 Å². The Hall–Kier alpha value is -1.92. The number of amides is 2. The van der Waals surface area contributed by atoms with Crippen LogP contribution in [0.25, 0.3) is 0 Å². The minimum atomic E-state index is -0.342.